The van der Waals surface area contributed by atoms with Crippen molar-refractivity contribution in [3.05, 3.63) is 47.5 Å². The molecule has 4 nitrogen and oxygen atoms in total. The number of hydrogen-bond donors (Lipinski definition) is 2. The van der Waals surface area contributed by atoms with E-state index in [0.29, 0.717) is 0 Å². The SMILES string of the molecule is c1ccc2c(c1)CN[C@@H](c1ncn[nH]1)C2. The molecule has 3 rings (SSSR count). The highest BCUT2D eigenvalue weighted by Crippen LogP contribution is 2.23. The number of aromatic amines is 1. The zero-order valence-corrected chi connectivity index (χ0v) is 8.27. The predicted molar refractivity (Wildman–Crippen MR) is 56.1 cm³/mol. The summed E-state index contributed by atoms with van der Waals surface area (Å²) in [7, 11) is 0. The molecule has 76 valence electrons. The van der Waals surface area contributed by atoms with E-state index in [2.05, 4.69) is 44.8 Å². The van der Waals surface area contributed by atoms with Crippen LogP contribution in [0.2, 0.25) is 0 Å². The first-order valence-corrected chi connectivity index (χ1v) is 5.09. The fraction of sp³-hybridized carbons (Fsp3) is 0.273. The van der Waals surface area contributed by atoms with Gasteiger partial charge in [0.1, 0.15) is 12.2 Å². The van der Waals surface area contributed by atoms with Gasteiger partial charge in [-0.1, -0.05) is 24.3 Å². The first kappa shape index (κ1) is 8.61. The van der Waals surface area contributed by atoms with Crippen LogP contribution >= 0.6 is 0 Å². The maximum absolute atomic E-state index is 4.18. The Morgan fingerprint density at radius 2 is 2.07 bits per heavy atom. The number of hydrogen-bond acceptors (Lipinski definition) is 3. The van der Waals surface area contributed by atoms with Gasteiger partial charge in [0.05, 0.1) is 6.04 Å². The van der Waals surface area contributed by atoms with Gasteiger partial charge in [-0.3, -0.25) is 5.10 Å². The standard InChI is InChI=1S/C11H12N4/c1-2-4-9-6-12-10(5-8(9)3-1)11-13-7-14-15-11/h1-4,7,10,12H,5-6H2,(H,13,14,15)/t10-/m1/s1. The Morgan fingerprint density at radius 3 is 2.87 bits per heavy atom. The Labute approximate surface area is 87.7 Å². The molecule has 2 aromatic rings. The third-order valence-corrected chi connectivity index (χ3v) is 2.85. The smallest absolute Gasteiger partial charge is 0.141 e. The molecule has 1 aliphatic rings. The van der Waals surface area contributed by atoms with Crippen LogP contribution < -0.4 is 5.32 Å². The molecule has 0 saturated carbocycles. The molecule has 1 aromatic carbocycles. The summed E-state index contributed by atoms with van der Waals surface area (Å²) < 4.78 is 0. The largest absolute Gasteiger partial charge is 0.303 e. The monoisotopic (exact) mass is 200 g/mol. The van der Waals surface area contributed by atoms with Crippen molar-refractivity contribution in [2.45, 2.75) is 19.0 Å². The van der Waals surface area contributed by atoms with Gasteiger partial charge >= 0.3 is 0 Å². The van der Waals surface area contributed by atoms with E-state index < -0.39 is 0 Å². The minimum absolute atomic E-state index is 0.266. The molecule has 2 N–H and O–H groups in total. The summed E-state index contributed by atoms with van der Waals surface area (Å²) in [5, 5.41) is 10.2. The molecule has 15 heavy (non-hydrogen) atoms. The van der Waals surface area contributed by atoms with E-state index in [4.69, 9.17) is 0 Å². The van der Waals surface area contributed by atoms with Gasteiger partial charge in [-0.05, 0) is 17.5 Å². The molecule has 0 fully saturated rings. The molecule has 1 aromatic heterocycles. The Kier molecular flexibility index (Phi) is 1.99. The highest BCUT2D eigenvalue weighted by Gasteiger charge is 2.20. The van der Waals surface area contributed by atoms with E-state index >= 15 is 0 Å². The van der Waals surface area contributed by atoms with E-state index in [1.54, 1.807) is 6.33 Å². The fourth-order valence-electron chi connectivity index (χ4n) is 2.03. The third-order valence-electron chi connectivity index (χ3n) is 2.85. The third kappa shape index (κ3) is 1.53. The second-order valence-corrected chi connectivity index (χ2v) is 3.78. The van der Waals surface area contributed by atoms with E-state index in [9.17, 15) is 0 Å². The van der Waals surface area contributed by atoms with Gasteiger partial charge in [0, 0.05) is 6.54 Å². The molecule has 0 bridgehead atoms. The van der Waals surface area contributed by atoms with Gasteiger partial charge in [-0.25, -0.2) is 4.98 Å². The molecule has 1 atom stereocenters. The molecule has 1 aliphatic heterocycles. The van der Waals surface area contributed by atoms with Crippen LogP contribution in [0.15, 0.2) is 30.6 Å². The van der Waals surface area contributed by atoms with Crippen LogP contribution in [0.4, 0.5) is 0 Å². The number of H-pyrrole nitrogens is 1. The lowest BCUT2D eigenvalue weighted by atomic mass is 9.96. The Balaban J connectivity index is 1.89. The van der Waals surface area contributed by atoms with Crippen molar-refractivity contribution in [2.75, 3.05) is 0 Å². The molecule has 0 spiro atoms. The minimum Gasteiger partial charge on any atom is -0.303 e. The summed E-state index contributed by atoms with van der Waals surface area (Å²) in [5.41, 5.74) is 2.78. The van der Waals surface area contributed by atoms with Crippen LogP contribution in [0.1, 0.15) is 23.0 Å². The maximum Gasteiger partial charge on any atom is 0.141 e. The lowest BCUT2D eigenvalue weighted by Gasteiger charge is -2.24. The molecular weight excluding hydrogens is 188 g/mol. The van der Waals surface area contributed by atoms with Gasteiger partial charge in [0.25, 0.3) is 0 Å². The van der Waals surface area contributed by atoms with Crippen LogP contribution in [0, 0.1) is 0 Å². The highest BCUT2D eigenvalue weighted by molar-refractivity contribution is 5.30. The van der Waals surface area contributed by atoms with Crippen molar-refractivity contribution in [1.82, 2.24) is 20.5 Å². The first-order chi connectivity index (χ1) is 7.43. The number of nitrogens with zero attached hydrogens (tertiary/aromatic N) is 2. The van der Waals surface area contributed by atoms with Crippen molar-refractivity contribution in [1.29, 1.82) is 0 Å². The second kappa shape index (κ2) is 3.47. The van der Waals surface area contributed by atoms with Crippen LogP contribution in [0.5, 0.6) is 0 Å². The number of aromatic nitrogens is 3. The quantitative estimate of drug-likeness (QED) is 0.727. The van der Waals surface area contributed by atoms with Crippen molar-refractivity contribution in [2.24, 2.45) is 0 Å². The van der Waals surface area contributed by atoms with Crippen molar-refractivity contribution >= 4 is 0 Å². The molecular formula is C11H12N4. The summed E-state index contributed by atoms with van der Waals surface area (Å²) >= 11 is 0. The van der Waals surface area contributed by atoms with Gasteiger partial charge in [0.15, 0.2) is 0 Å². The van der Waals surface area contributed by atoms with Crippen LogP contribution in [-0.2, 0) is 13.0 Å². The van der Waals surface area contributed by atoms with Gasteiger partial charge < -0.3 is 5.32 Å². The van der Waals surface area contributed by atoms with E-state index in [-0.39, 0.29) is 6.04 Å². The van der Waals surface area contributed by atoms with E-state index in [0.717, 1.165) is 18.8 Å². The maximum atomic E-state index is 4.18. The van der Waals surface area contributed by atoms with E-state index in [1.807, 2.05) is 0 Å². The normalized spacial score (nSPS) is 19.9. The van der Waals surface area contributed by atoms with Crippen molar-refractivity contribution < 1.29 is 0 Å². The molecule has 2 heterocycles. The molecule has 0 aliphatic carbocycles. The Bertz CT molecular complexity index is 449. The minimum atomic E-state index is 0.266. The van der Waals surface area contributed by atoms with Crippen molar-refractivity contribution in [3.8, 4) is 0 Å². The lowest BCUT2D eigenvalue weighted by Crippen LogP contribution is -2.29. The summed E-state index contributed by atoms with van der Waals surface area (Å²) in [6.45, 7) is 0.904. The lowest BCUT2D eigenvalue weighted by molar-refractivity contribution is 0.478. The summed E-state index contributed by atoms with van der Waals surface area (Å²) in [4.78, 5) is 4.18. The zero-order chi connectivity index (χ0) is 10.1. The van der Waals surface area contributed by atoms with Gasteiger partial charge in [0.2, 0.25) is 0 Å². The van der Waals surface area contributed by atoms with Crippen molar-refractivity contribution in [3.63, 3.8) is 0 Å². The van der Waals surface area contributed by atoms with Crippen LogP contribution in [0.3, 0.4) is 0 Å². The first-order valence-electron chi connectivity index (χ1n) is 5.09. The van der Waals surface area contributed by atoms with E-state index in [1.165, 1.54) is 11.1 Å². The highest BCUT2D eigenvalue weighted by atomic mass is 15.2. The molecule has 0 unspecified atom stereocenters. The molecule has 4 heteroatoms. The fourth-order valence-corrected chi connectivity index (χ4v) is 2.03. The molecule has 0 saturated heterocycles. The number of nitrogens with one attached hydrogen (secondary N) is 2. The summed E-state index contributed by atoms with van der Waals surface area (Å²) in [6.07, 6.45) is 2.53. The van der Waals surface area contributed by atoms with Gasteiger partial charge in [-0.15, -0.1) is 0 Å². The molecule has 0 amide bonds. The summed E-state index contributed by atoms with van der Waals surface area (Å²) in [5.74, 6) is 0.921. The predicted octanol–water partition coefficient (Wildman–Crippen LogP) is 1.19. The number of benzene rings is 1. The Morgan fingerprint density at radius 1 is 1.20 bits per heavy atom. The van der Waals surface area contributed by atoms with Crippen LogP contribution in [-0.4, -0.2) is 15.2 Å². The average Bonchev–Trinajstić information content (AvgIpc) is 2.82. The molecule has 0 radical (unpaired) electrons. The zero-order valence-electron chi connectivity index (χ0n) is 8.27. The number of rotatable bonds is 1. The van der Waals surface area contributed by atoms with Crippen LogP contribution in [0.25, 0.3) is 0 Å². The summed E-state index contributed by atoms with van der Waals surface area (Å²) in [6, 6.07) is 8.78. The van der Waals surface area contributed by atoms with Gasteiger partial charge in [-0.2, -0.15) is 5.10 Å². The topological polar surface area (TPSA) is 53.6 Å². The second-order valence-electron chi connectivity index (χ2n) is 3.78. The average molecular weight is 200 g/mol. The Hall–Kier alpha value is -1.68. The number of fused-ring (bicyclic) bond motifs is 1.